The lowest BCUT2D eigenvalue weighted by Gasteiger charge is -2.14. The largest absolute Gasteiger partial charge is 0.483 e. The zero-order chi connectivity index (χ0) is 15.1. The number of hydrogen-bond donors (Lipinski definition) is 1. The molecule has 0 unspecified atom stereocenters. The lowest BCUT2D eigenvalue weighted by atomic mass is 10.0. The van der Waals surface area contributed by atoms with Crippen molar-refractivity contribution < 1.29 is 9.53 Å². The first-order valence-corrected chi connectivity index (χ1v) is 7.88. The Hall–Kier alpha value is -1.03. The number of halogens is 1. The van der Waals surface area contributed by atoms with Crippen LogP contribution < -0.4 is 10.1 Å². The zero-order valence-corrected chi connectivity index (χ0v) is 14.3. The maximum absolute atomic E-state index is 11.7. The van der Waals surface area contributed by atoms with E-state index in [9.17, 15) is 4.79 Å². The van der Waals surface area contributed by atoms with E-state index in [1.165, 1.54) is 0 Å². The maximum atomic E-state index is 11.7. The van der Waals surface area contributed by atoms with Crippen molar-refractivity contribution in [2.45, 2.75) is 40.0 Å². The van der Waals surface area contributed by atoms with E-state index in [1.807, 2.05) is 18.2 Å². The smallest absolute Gasteiger partial charge is 0.257 e. The van der Waals surface area contributed by atoms with Crippen LogP contribution in [0.2, 0.25) is 0 Å². The molecule has 1 amide bonds. The predicted molar refractivity (Wildman–Crippen MR) is 86.2 cm³/mol. The Morgan fingerprint density at radius 1 is 1.30 bits per heavy atom. The van der Waals surface area contributed by atoms with E-state index in [0.717, 1.165) is 22.2 Å². The van der Waals surface area contributed by atoms with E-state index < -0.39 is 0 Å². The second kappa shape index (κ2) is 8.30. The van der Waals surface area contributed by atoms with Crippen molar-refractivity contribution >= 4 is 21.8 Å². The molecular formula is C16H24BrNO2. The highest BCUT2D eigenvalue weighted by molar-refractivity contribution is 9.10. The predicted octanol–water partition coefficient (Wildman–Crippen LogP) is 4.11. The van der Waals surface area contributed by atoms with Crippen molar-refractivity contribution in [2.75, 3.05) is 13.2 Å². The third-order valence-corrected chi connectivity index (χ3v) is 3.49. The number of hydrogen-bond acceptors (Lipinski definition) is 2. The van der Waals surface area contributed by atoms with Crippen LogP contribution in [0.15, 0.2) is 22.7 Å². The van der Waals surface area contributed by atoms with Crippen LogP contribution >= 0.6 is 15.9 Å². The standard InChI is InChI=1S/C16H24BrNO2/c1-11(2)7-8-18-16(19)10-20-15-6-5-13(17)9-14(15)12(3)4/h5-6,9,11-12H,7-8,10H2,1-4H3,(H,18,19). The van der Waals surface area contributed by atoms with E-state index in [2.05, 4.69) is 48.9 Å². The molecule has 20 heavy (non-hydrogen) atoms. The van der Waals surface area contributed by atoms with E-state index in [-0.39, 0.29) is 12.5 Å². The average molecular weight is 342 g/mol. The molecule has 0 aliphatic carbocycles. The molecule has 0 bridgehead atoms. The van der Waals surface area contributed by atoms with Gasteiger partial charge in [0.15, 0.2) is 6.61 Å². The highest BCUT2D eigenvalue weighted by Gasteiger charge is 2.10. The zero-order valence-electron chi connectivity index (χ0n) is 12.7. The number of rotatable bonds is 7. The molecule has 0 aliphatic rings. The number of carbonyl (C=O) groups excluding carboxylic acids is 1. The van der Waals surface area contributed by atoms with Crippen molar-refractivity contribution in [3.63, 3.8) is 0 Å². The summed E-state index contributed by atoms with van der Waals surface area (Å²) in [5.41, 5.74) is 1.11. The van der Waals surface area contributed by atoms with Crippen LogP contribution in [-0.4, -0.2) is 19.1 Å². The van der Waals surface area contributed by atoms with E-state index >= 15 is 0 Å². The molecule has 1 rings (SSSR count). The van der Waals surface area contributed by atoms with Gasteiger partial charge in [0.05, 0.1) is 0 Å². The van der Waals surface area contributed by atoms with Crippen LogP contribution in [0, 0.1) is 5.92 Å². The third kappa shape index (κ3) is 5.95. The van der Waals surface area contributed by atoms with Crippen LogP contribution in [0.4, 0.5) is 0 Å². The number of benzene rings is 1. The second-order valence-electron chi connectivity index (χ2n) is 5.66. The lowest BCUT2D eigenvalue weighted by Crippen LogP contribution is -2.30. The summed E-state index contributed by atoms with van der Waals surface area (Å²) in [6, 6.07) is 5.87. The lowest BCUT2D eigenvalue weighted by molar-refractivity contribution is -0.123. The van der Waals surface area contributed by atoms with E-state index in [0.29, 0.717) is 18.4 Å². The summed E-state index contributed by atoms with van der Waals surface area (Å²) in [6.45, 7) is 9.27. The molecule has 112 valence electrons. The fourth-order valence-electron chi connectivity index (χ4n) is 1.80. The van der Waals surface area contributed by atoms with Gasteiger partial charge in [-0.2, -0.15) is 0 Å². The van der Waals surface area contributed by atoms with Crippen molar-refractivity contribution in [3.05, 3.63) is 28.2 Å². The fourth-order valence-corrected chi connectivity index (χ4v) is 2.18. The van der Waals surface area contributed by atoms with Gasteiger partial charge in [-0.3, -0.25) is 4.79 Å². The first-order chi connectivity index (χ1) is 9.40. The Morgan fingerprint density at radius 2 is 2.00 bits per heavy atom. The average Bonchev–Trinajstić information content (AvgIpc) is 2.36. The van der Waals surface area contributed by atoms with Crippen LogP contribution in [0.25, 0.3) is 0 Å². The number of nitrogens with one attached hydrogen (secondary N) is 1. The van der Waals surface area contributed by atoms with Crippen molar-refractivity contribution in [1.82, 2.24) is 5.32 Å². The Kier molecular flexibility index (Phi) is 7.06. The van der Waals surface area contributed by atoms with Gasteiger partial charge in [0.1, 0.15) is 5.75 Å². The van der Waals surface area contributed by atoms with Crippen molar-refractivity contribution in [2.24, 2.45) is 5.92 Å². The molecule has 0 aromatic heterocycles. The highest BCUT2D eigenvalue weighted by Crippen LogP contribution is 2.29. The molecule has 0 aliphatic heterocycles. The summed E-state index contributed by atoms with van der Waals surface area (Å²) in [4.78, 5) is 11.7. The molecule has 0 radical (unpaired) electrons. The molecule has 0 heterocycles. The number of carbonyl (C=O) groups is 1. The van der Waals surface area contributed by atoms with E-state index in [1.54, 1.807) is 0 Å². The van der Waals surface area contributed by atoms with Crippen molar-refractivity contribution in [3.8, 4) is 5.75 Å². The normalized spacial score (nSPS) is 10.9. The SMILES string of the molecule is CC(C)CCNC(=O)COc1ccc(Br)cc1C(C)C. The molecule has 1 aromatic carbocycles. The Balaban J connectivity index is 2.51. The van der Waals surface area contributed by atoms with Crippen LogP contribution in [0.1, 0.15) is 45.6 Å². The molecule has 0 saturated heterocycles. The summed E-state index contributed by atoms with van der Waals surface area (Å²) in [6.07, 6.45) is 0.987. The number of ether oxygens (including phenoxy) is 1. The first kappa shape index (κ1) is 17.0. The fraction of sp³-hybridized carbons (Fsp3) is 0.562. The van der Waals surface area contributed by atoms with Crippen molar-refractivity contribution in [1.29, 1.82) is 0 Å². The first-order valence-electron chi connectivity index (χ1n) is 7.09. The van der Waals surface area contributed by atoms with Gasteiger partial charge in [-0.1, -0.05) is 43.6 Å². The molecule has 4 heteroatoms. The van der Waals surface area contributed by atoms with Gasteiger partial charge in [-0.05, 0) is 42.0 Å². The molecule has 1 N–H and O–H groups in total. The third-order valence-electron chi connectivity index (χ3n) is 3.00. The minimum Gasteiger partial charge on any atom is -0.483 e. The maximum Gasteiger partial charge on any atom is 0.257 e. The molecule has 3 nitrogen and oxygen atoms in total. The second-order valence-corrected chi connectivity index (χ2v) is 6.57. The topological polar surface area (TPSA) is 38.3 Å². The van der Waals surface area contributed by atoms with Gasteiger partial charge in [0, 0.05) is 11.0 Å². The van der Waals surface area contributed by atoms with Gasteiger partial charge >= 0.3 is 0 Å². The molecule has 0 saturated carbocycles. The van der Waals surface area contributed by atoms with Crippen LogP contribution in [-0.2, 0) is 4.79 Å². The summed E-state index contributed by atoms with van der Waals surface area (Å²) in [5.74, 6) is 1.66. The summed E-state index contributed by atoms with van der Waals surface area (Å²) >= 11 is 3.46. The summed E-state index contributed by atoms with van der Waals surface area (Å²) in [5, 5.41) is 2.87. The molecule has 0 spiro atoms. The minimum atomic E-state index is -0.0664. The number of amides is 1. The summed E-state index contributed by atoms with van der Waals surface area (Å²) in [7, 11) is 0. The molecule has 0 fully saturated rings. The van der Waals surface area contributed by atoms with Gasteiger partial charge < -0.3 is 10.1 Å². The van der Waals surface area contributed by atoms with Gasteiger partial charge in [0.2, 0.25) is 0 Å². The van der Waals surface area contributed by atoms with Gasteiger partial charge in [-0.25, -0.2) is 0 Å². The van der Waals surface area contributed by atoms with Gasteiger partial charge in [-0.15, -0.1) is 0 Å². The van der Waals surface area contributed by atoms with Gasteiger partial charge in [0.25, 0.3) is 5.91 Å². The molecular weight excluding hydrogens is 318 g/mol. The quantitative estimate of drug-likeness (QED) is 0.810. The van der Waals surface area contributed by atoms with E-state index in [4.69, 9.17) is 4.74 Å². The Morgan fingerprint density at radius 3 is 2.60 bits per heavy atom. The highest BCUT2D eigenvalue weighted by atomic mass is 79.9. The summed E-state index contributed by atoms with van der Waals surface area (Å²) < 4.78 is 6.66. The monoisotopic (exact) mass is 341 g/mol. The van der Waals surface area contributed by atoms with Crippen LogP contribution in [0.5, 0.6) is 5.75 Å². The van der Waals surface area contributed by atoms with Crippen LogP contribution in [0.3, 0.4) is 0 Å². The Labute approximate surface area is 130 Å². The Bertz CT molecular complexity index is 444. The molecule has 0 atom stereocenters. The minimum absolute atomic E-state index is 0.0664. The molecule has 1 aromatic rings.